The molecule has 2 atom stereocenters. The highest BCUT2D eigenvalue weighted by Gasteiger charge is 2.29. The molecule has 2 saturated carbocycles. The van der Waals surface area contributed by atoms with E-state index in [1.54, 1.807) is 0 Å². The van der Waals surface area contributed by atoms with Gasteiger partial charge in [0.25, 0.3) is 0 Å². The lowest BCUT2D eigenvalue weighted by atomic mass is 9.95. The van der Waals surface area contributed by atoms with Gasteiger partial charge < -0.3 is 15.2 Å². The summed E-state index contributed by atoms with van der Waals surface area (Å²) in [5, 5.41) is 12.8. The molecule has 4 heteroatoms. The molecular weight excluding hydrogens is 254 g/mol. The Morgan fingerprint density at radius 3 is 2.45 bits per heavy atom. The Hall–Kier alpha value is -1.55. The number of hydrogen-bond acceptors (Lipinski definition) is 3. The van der Waals surface area contributed by atoms with Crippen LogP contribution in [0.3, 0.4) is 0 Å². The zero-order valence-corrected chi connectivity index (χ0v) is 11.5. The molecule has 2 unspecified atom stereocenters. The molecule has 2 aliphatic rings. The molecule has 3 rings (SSSR count). The Morgan fingerprint density at radius 1 is 1.10 bits per heavy atom. The average molecular weight is 275 g/mol. The maximum Gasteiger partial charge on any atom is 0.227 e. The third kappa shape index (κ3) is 3.31. The van der Waals surface area contributed by atoms with Gasteiger partial charge in [-0.2, -0.15) is 0 Å². The molecule has 0 aromatic heterocycles. The SMILES string of the molecule is O=C(Nc1ccc(OC2CCCCC2O)cc1)C1CC1. The van der Waals surface area contributed by atoms with Gasteiger partial charge in [-0.3, -0.25) is 4.79 Å². The van der Waals surface area contributed by atoms with Gasteiger partial charge >= 0.3 is 0 Å². The third-order valence-corrected chi connectivity index (χ3v) is 4.03. The molecule has 0 heterocycles. The van der Waals surface area contributed by atoms with E-state index in [0.717, 1.165) is 50.0 Å². The van der Waals surface area contributed by atoms with Crippen LogP contribution in [0.25, 0.3) is 0 Å². The number of nitrogens with one attached hydrogen (secondary N) is 1. The van der Waals surface area contributed by atoms with E-state index in [0.29, 0.717) is 0 Å². The van der Waals surface area contributed by atoms with E-state index in [-0.39, 0.29) is 24.0 Å². The minimum atomic E-state index is -0.363. The van der Waals surface area contributed by atoms with Crippen LogP contribution in [0.15, 0.2) is 24.3 Å². The number of carbonyl (C=O) groups is 1. The molecule has 0 saturated heterocycles. The van der Waals surface area contributed by atoms with Crippen LogP contribution in [0.4, 0.5) is 5.69 Å². The Balaban J connectivity index is 1.56. The van der Waals surface area contributed by atoms with Crippen molar-refractivity contribution in [1.29, 1.82) is 0 Å². The van der Waals surface area contributed by atoms with Crippen LogP contribution in [0.2, 0.25) is 0 Å². The highest BCUT2D eigenvalue weighted by atomic mass is 16.5. The zero-order valence-electron chi connectivity index (χ0n) is 11.5. The van der Waals surface area contributed by atoms with E-state index in [1.807, 2.05) is 24.3 Å². The smallest absolute Gasteiger partial charge is 0.227 e. The summed E-state index contributed by atoms with van der Waals surface area (Å²) in [5.74, 6) is 1.07. The molecule has 2 aliphatic carbocycles. The summed E-state index contributed by atoms with van der Waals surface area (Å²) in [6.45, 7) is 0. The second-order valence-electron chi connectivity index (χ2n) is 5.80. The van der Waals surface area contributed by atoms with Gasteiger partial charge in [-0.05, 0) is 56.4 Å². The second kappa shape index (κ2) is 5.83. The standard InChI is InChI=1S/C16H21NO3/c18-14-3-1-2-4-15(14)20-13-9-7-12(8-10-13)17-16(19)11-5-6-11/h7-11,14-15,18H,1-6H2,(H,17,19). The van der Waals surface area contributed by atoms with Crippen molar-refractivity contribution in [2.45, 2.75) is 50.7 Å². The molecule has 2 fully saturated rings. The van der Waals surface area contributed by atoms with Crippen LogP contribution in [-0.2, 0) is 4.79 Å². The van der Waals surface area contributed by atoms with Crippen molar-refractivity contribution < 1.29 is 14.6 Å². The van der Waals surface area contributed by atoms with Crippen LogP contribution < -0.4 is 10.1 Å². The van der Waals surface area contributed by atoms with E-state index in [9.17, 15) is 9.90 Å². The molecule has 4 nitrogen and oxygen atoms in total. The Morgan fingerprint density at radius 2 is 1.80 bits per heavy atom. The van der Waals surface area contributed by atoms with Crippen molar-refractivity contribution in [3.05, 3.63) is 24.3 Å². The summed E-state index contributed by atoms with van der Waals surface area (Å²) in [5.41, 5.74) is 0.804. The minimum absolute atomic E-state index is 0.101. The molecule has 2 N–H and O–H groups in total. The molecule has 0 bridgehead atoms. The largest absolute Gasteiger partial charge is 0.488 e. The molecule has 108 valence electrons. The highest BCUT2D eigenvalue weighted by molar-refractivity contribution is 5.94. The molecule has 1 amide bonds. The Bertz CT molecular complexity index is 467. The summed E-state index contributed by atoms with van der Waals surface area (Å²) in [6.07, 6.45) is 5.46. The number of aliphatic hydroxyl groups is 1. The van der Waals surface area contributed by atoms with E-state index < -0.39 is 0 Å². The van der Waals surface area contributed by atoms with E-state index in [2.05, 4.69) is 5.32 Å². The maximum atomic E-state index is 11.6. The van der Waals surface area contributed by atoms with E-state index in [4.69, 9.17) is 4.74 Å². The second-order valence-corrected chi connectivity index (χ2v) is 5.80. The number of aliphatic hydroxyl groups excluding tert-OH is 1. The fourth-order valence-electron chi connectivity index (χ4n) is 2.60. The third-order valence-electron chi connectivity index (χ3n) is 4.03. The lowest BCUT2D eigenvalue weighted by Gasteiger charge is -2.28. The van der Waals surface area contributed by atoms with Crippen molar-refractivity contribution in [1.82, 2.24) is 0 Å². The lowest BCUT2D eigenvalue weighted by Crippen LogP contribution is -2.34. The van der Waals surface area contributed by atoms with Crippen molar-refractivity contribution in [2.75, 3.05) is 5.32 Å². The van der Waals surface area contributed by atoms with E-state index in [1.165, 1.54) is 0 Å². The summed E-state index contributed by atoms with van der Waals surface area (Å²) >= 11 is 0. The Labute approximate surface area is 119 Å². The number of amides is 1. The predicted octanol–water partition coefficient (Wildman–Crippen LogP) is 2.72. The predicted molar refractivity (Wildman–Crippen MR) is 76.7 cm³/mol. The van der Waals surface area contributed by atoms with Crippen LogP contribution in [0.1, 0.15) is 38.5 Å². The minimum Gasteiger partial charge on any atom is -0.488 e. The Kier molecular flexibility index (Phi) is 3.92. The monoisotopic (exact) mass is 275 g/mol. The van der Waals surface area contributed by atoms with Crippen LogP contribution in [0.5, 0.6) is 5.75 Å². The van der Waals surface area contributed by atoms with Gasteiger partial charge in [0.15, 0.2) is 0 Å². The van der Waals surface area contributed by atoms with Gasteiger partial charge in [-0.25, -0.2) is 0 Å². The highest BCUT2D eigenvalue weighted by Crippen LogP contribution is 2.30. The van der Waals surface area contributed by atoms with Crippen molar-refractivity contribution in [3.63, 3.8) is 0 Å². The number of ether oxygens (including phenoxy) is 1. The van der Waals surface area contributed by atoms with Gasteiger partial charge in [0.1, 0.15) is 11.9 Å². The number of rotatable bonds is 4. The summed E-state index contributed by atoms with van der Waals surface area (Å²) in [4.78, 5) is 11.6. The lowest BCUT2D eigenvalue weighted by molar-refractivity contribution is -0.117. The average Bonchev–Trinajstić information content (AvgIpc) is 3.28. The molecular formula is C16H21NO3. The fourth-order valence-corrected chi connectivity index (χ4v) is 2.60. The normalized spacial score (nSPS) is 26.1. The molecule has 1 aromatic carbocycles. The first-order chi connectivity index (χ1) is 9.72. The van der Waals surface area contributed by atoms with Gasteiger partial charge in [0.05, 0.1) is 6.10 Å². The fraction of sp³-hybridized carbons (Fsp3) is 0.562. The number of benzene rings is 1. The zero-order chi connectivity index (χ0) is 13.9. The summed E-state index contributed by atoms with van der Waals surface area (Å²) in [6, 6.07) is 7.41. The number of anilines is 1. The molecule has 1 aromatic rings. The van der Waals surface area contributed by atoms with Gasteiger partial charge in [-0.1, -0.05) is 6.42 Å². The quantitative estimate of drug-likeness (QED) is 0.888. The van der Waals surface area contributed by atoms with Gasteiger partial charge in [0, 0.05) is 11.6 Å². The molecule has 20 heavy (non-hydrogen) atoms. The molecule has 0 radical (unpaired) electrons. The first-order valence-electron chi connectivity index (χ1n) is 7.48. The van der Waals surface area contributed by atoms with Crippen molar-refractivity contribution in [3.8, 4) is 5.75 Å². The summed E-state index contributed by atoms with van der Waals surface area (Å²) in [7, 11) is 0. The van der Waals surface area contributed by atoms with Crippen molar-refractivity contribution >= 4 is 11.6 Å². The van der Waals surface area contributed by atoms with Crippen LogP contribution >= 0.6 is 0 Å². The first-order valence-corrected chi connectivity index (χ1v) is 7.48. The summed E-state index contributed by atoms with van der Waals surface area (Å²) < 4.78 is 5.82. The van der Waals surface area contributed by atoms with Crippen LogP contribution in [0, 0.1) is 5.92 Å². The van der Waals surface area contributed by atoms with Gasteiger partial charge in [-0.15, -0.1) is 0 Å². The molecule has 0 spiro atoms. The van der Waals surface area contributed by atoms with E-state index >= 15 is 0 Å². The first kappa shape index (κ1) is 13.4. The molecule has 0 aliphatic heterocycles. The van der Waals surface area contributed by atoms with Crippen LogP contribution in [-0.4, -0.2) is 23.2 Å². The maximum absolute atomic E-state index is 11.6. The topological polar surface area (TPSA) is 58.6 Å². The number of carbonyl (C=O) groups excluding carboxylic acids is 1. The number of hydrogen-bond donors (Lipinski definition) is 2. The van der Waals surface area contributed by atoms with Gasteiger partial charge in [0.2, 0.25) is 5.91 Å². The van der Waals surface area contributed by atoms with Crippen molar-refractivity contribution in [2.24, 2.45) is 5.92 Å².